The van der Waals surface area contributed by atoms with Crippen molar-refractivity contribution in [3.63, 3.8) is 0 Å². The summed E-state index contributed by atoms with van der Waals surface area (Å²) in [7, 11) is 0. The van der Waals surface area contributed by atoms with Gasteiger partial charge in [0.1, 0.15) is 6.10 Å². The standard InChI is InChI=1S/C19H25Cl2NO4/c1-3-25-10-11-26-13(2)19(24)22-8-6-14(7-9-22)18(23)15-4-5-16(20)17(21)12-15/h4-5,12-14H,3,6-11H2,1-2H3. The van der Waals surface area contributed by atoms with Gasteiger partial charge in [0.2, 0.25) is 0 Å². The summed E-state index contributed by atoms with van der Waals surface area (Å²) in [5.41, 5.74) is 0.566. The van der Waals surface area contributed by atoms with Crippen LogP contribution in [0.15, 0.2) is 18.2 Å². The number of carbonyl (C=O) groups is 2. The molecular weight excluding hydrogens is 377 g/mol. The van der Waals surface area contributed by atoms with E-state index in [0.717, 1.165) is 0 Å². The van der Waals surface area contributed by atoms with Crippen molar-refractivity contribution in [1.82, 2.24) is 4.90 Å². The van der Waals surface area contributed by atoms with Crippen LogP contribution in [0.25, 0.3) is 0 Å². The molecule has 2 rings (SSSR count). The van der Waals surface area contributed by atoms with Gasteiger partial charge in [-0.05, 0) is 44.9 Å². The Balaban J connectivity index is 1.83. The first-order chi connectivity index (χ1) is 12.4. The predicted molar refractivity (Wildman–Crippen MR) is 102 cm³/mol. The van der Waals surface area contributed by atoms with Gasteiger partial charge in [0, 0.05) is 31.2 Å². The van der Waals surface area contributed by atoms with Gasteiger partial charge in [-0.1, -0.05) is 23.2 Å². The molecule has 1 aromatic rings. The molecule has 0 radical (unpaired) electrons. The number of halogens is 2. The summed E-state index contributed by atoms with van der Waals surface area (Å²) in [6.45, 7) is 6.28. The Kier molecular flexibility index (Phi) is 8.35. The predicted octanol–water partition coefficient (Wildman–Crippen LogP) is 3.86. The van der Waals surface area contributed by atoms with E-state index in [-0.39, 0.29) is 17.6 Å². The van der Waals surface area contributed by atoms with Crippen molar-refractivity contribution < 1.29 is 19.1 Å². The summed E-state index contributed by atoms with van der Waals surface area (Å²) in [4.78, 5) is 26.8. The summed E-state index contributed by atoms with van der Waals surface area (Å²) >= 11 is 11.9. The van der Waals surface area contributed by atoms with Crippen molar-refractivity contribution in [1.29, 1.82) is 0 Å². The van der Waals surface area contributed by atoms with Gasteiger partial charge in [-0.2, -0.15) is 0 Å². The number of nitrogens with zero attached hydrogens (tertiary/aromatic N) is 1. The molecule has 5 nitrogen and oxygen atoms in total. The van der Waals surface area contributed by atoms with E-state index in [0.29, 0.717) is 61.4 Å². The molecular formula is C19H25Cl2NO4. The molecule has 0 spiro atoms. The second-order valence-electron chi connectivity index (χ2n) is 6.30. The number of carbonyl (C=O) groups excluding carboxylic acids is 2. The number of ketones is 1. The molecule has 0 aliphatic carbocycles. The maximum atomic E-state index is 12.6. The Morgan fingerprint density at radius 1 is 1.19 bits per heavy atom. The Labute approximate surface area is 164 Å². The Morgan fingerprint density at radius 3 is 2.50 bits per heavy atom. The number of Topliss-reactive ketones (excluding diaryl/α,β-unsaturated/α-hetero) is 1. The molecule has 0 N–H and O–H groups in total. The van der Waals surface area contributed by atoms with Crippen LogP contribution in [0.3, 0.4) is 0 Å². The fraction of sp³-hybridized carbons (Fsp3) is 0.579. The summed E-state index contributed by atoms with van der Waals surface area (Å²) in [5.74, 6) is -0.0934. The van der Waals surface area contributed by atoms with Crippen LogP contribution in [0.1, 0.15) is 37.0 Å². The van der Waals surface area contributed by atoms with E-state index in [1.54, 1.807) is 30.0 Å². The molecule has 7 heteroatoms. The zero-order chi connectivity index (χ0) is 19.1. The van der Waals surface area contributed by atoms with Gasteiger partial charge >= 0.3 is 0 Å². The van der Waals surface area contributed by atoms with Crippen LogP contribution in [0.5, 0.6) is 0 Å². The third kappa shape index (κ3) is 5.68. The molecule has 26 heavy (non-hydrogen) atoms. The average Bonchev–Trinajstić information content (AvgIpc) is 2.66. The van der Waals surface area contributed by atoms with Gasteiger partial charge in [0.05, 0.1) is 23.3 Å². The minimum Gasteiger partial charge on any atom is -0.379 e. The minimum atomic E-state index is -0.502. The number of piperidine rings is 1. The monoisotopic (exact) mass is 401 g/mol. The van der Waals surface area contributed by atoms with Crippen LogP contribution in [0.2, 0.25) is 10.0 Å². The zero-order valence-electron chi connectivity index (χ0n) is 15.2. The van der Waals surface area contributed by atoms with Gasteiger partial charge < -0.3 is 14.4 Å². The lowest BCUT2D eigenvalue weighted by molar-refractivity contribution is -0.144. The molecule has 144 valence electrons. The topological polar surface area (TPSA) is 55.8 Å². The van der Waals surface area contributed by atoms with Crippen LogP contribution < -0.4 is 0 Å². The fourth-order valence-electron chi connectivity index (χ4n) is 3.00. The van der Waals surface area contributed by atoms with Crippen LogP contribution in [0, 0.1) is 5.92 Å². The van der Waals surface area contributed by atoms with Crippen LogP contribution in [-0.2, 0) is 14.3 Å². The Morgan fingerprint density at radius 2 is 1.88 bits per heavy atom. The molecule has 1 heterocycles. The largest absolute Gasteiger partial charge is 0.379 e. The highest BCUT2D eigenvalue weighted by Crippen LogP contribution is 2.27. The molecule has 1 atom stereocenters. The molecule has 0 aromatic heterocycles. The molecule has 1 amide bonds. The second-order valence-corrected chi connectivity index (χ2v) is 7.12. The van der Waals surface area contributed by atoms with E-state index in [1.807, 2.05) is 6.92 Å². The Hall–Kier alpha value is -1.14. The van der Waals surface area contributed by atoms with Crippen LogP contribution in [0.4, 0.5) is 0 Å². The first-order valence-corrected chi connectivity index (χ1v) is 9.67. The SMILES string of the molecule is CCOCCOC(C)C(=O)N1CCC(C(=O)c2ccc(Cl)c(Cl)c2)CC1. The number of benzene rings is 1. The fourth-order valence-corrected chi connectivity index (χ4v) is 3.30. The highest BCUT2D eigenvalue weighted by molar-refractivity contribution is 6.42. The van der Waals surface area contributed by atoms with Crippen molar-refractivity contribution in [2.24, 2.45) is 5.92 Å². The van der Waals surface area contributed by atoms with Gasteiger partial charge in [-0.15, -0.1) is 0 Å². The minimum absolute atomic E-state index is 0.0399. The highest BCUT2D eigenvalue weighted by atomic mass is 35.5. The van der Waals surface area contributed by atoms with Gasteiger partial charge in [-0.25, -0.2) is 0 Å². The highest BCUT2D eigenvalue weighted by Gasteiger charge is 2.30. The van der Waals surface area contributed by atoms with Crippen molar-refractivity contribution in [3.05, 3.63) is 33.8 Å². The number of ether oxygens (including phenoxy) is 2. The first-order valence-electron chi connectivity index (χ1n) is 8.91. The molecule has 1 aliphatic heterocycles. The summed E-state index contributed by atoms with van der Waals surface area (Å²) < 4.78 is 10.7. The van der Waals surface area contributed by atoms with Gasteiger partial charge in [0.25, 0.3) is 5.91 Å². The van der Waals surface area contributed by atoms with Gasteiger partial charge in [0.15, 0.2) is 5.78 Å². The molecule has 1 saturated heterocycles. The van der Waals surface area contributed by atoms with Crippen molar-refractivity contribution >= 4 is 34.9 Å². The van der Waals surface area contributed by atoms with Crippen molar-refractivity contribution in [3.8, 4) is 0 Å². The number of hydrogen-bond acceptors (Lipinski definition) is 4. The van der Waals surface area contributed by atoms with E-state index < -0.39 is 6.10 Å². The second kappa shape index (κ2) is 10.3. The van der Waals surface area contributed by atoms with E-state index in [1.165, 1.54) is 0 Å². The van der Waals surface area contributed by atoms with E-state index in [2.05, 4.69) is 0 Å². The third-order valence-electron chi connectivity index (χ3n) is 4.53. The van der Waals surface area contributed by atoms with Crippen molar-refractivity contribution in [2.45, 2.75) is 32.8 Å². The summed E-state index contributed by atoms with van der Waals surface area (Å²) in [6, 6.07) is 4.94. The summed E-state index contributed by atoms with van der Waals surface area (Å²) in [6.07, 6.45) is 0.769. The summed E-state index contributed by atoms with van der Waals surface area (Å²) in [5, 5.41) is 0.810. The molecule has 1 aromatic carbocycles. The molecule has 1 unspecified atom stereocenters. The van der Waals surface area contributed by atoms with Crippen molar-refractivity contribution in [2.75, 3.05) is 32.9 Å². The smallest absolute Gasteiger partial charge is 0.251 e. The Bertz CT molecular complexity index is 630. The van der Waals surface area contributed by atoms with E-state index in [4.69, 9.17) is 32.7 Å². The molecule has 0 bridgehead atoms. The first kappa shape index (κ1) is 21.2. The third-order valence-corrected chi connectivity index (χ3v) is 5.27. The maximum Gasteiger partial charge on any atom is 0.251 e. The van der Waals surface area contributed by atoms with Crippen LogP contribution >= 0.6 is 23.2 Å². The number of likely N-dealkylation sites (tertiary alicyclic amines) is 1. The lowest BCUT2D eigenvalue weighted by Gasteiger charge is -2.33. The number of rotatable bonds is 8. The molecule has 1 fully saturated rings. The quantitative estimate of drug-likeness (QED) is 0.490. The van der Waals surface area contributed by atoms with Crippen LogP contribution in [-0.4, -0.2) is 55.6 Å². The number of amides is 1. The number of hydrogen-bond donors (Lipinski definition) is 0. The molecule has 0 saturated carbocycles. The molecule has 1 aliphatic rings. The normalized spacial score (nSPS) is 16.5. The lowest BCUT2D eigenvalue weighted by Crippen LogP contribution is -2.45. The van der Waals surface area contributed by atoms with Gasteiger partial charge in [-0.3, -0.25) is 9.59 Å². The lowest BCUT2D eigenvalue weighted by atomic mass is 9.89. The van der Waals surface area contributed by atoms with E-state index in [9.17, 15) is 9.59 Å². The average molecular weight is 402 g/mol. The zero-order valence-corrected chi connectivity index (χ0v) is 16.7. The maximum absolute atomic E-state index is 12.6. The van der Waals surface area contributed by atoms with E-state index >= 15 is 0 Å².